The van der Waals surface area contributed by atoms with Gasteiger partial charge in [0.2, 0.25) is 0 Å². The number of carbonyl (C=O) groups is 1. The molecular formula is C14H19N5OSe. The molecule has 1 aromatic carbocycles. The fraction of sp³-hybridized carbons (Fsp3) is 0.500. The minimum atomic E-state index is -0.536. The second-order valence-electron chi connectivity index (χ2n) is 5.69. The number of nitrogens with one attached hydrogen (secondary N) is 2. The van der Waals surface area contributed by atoms with Crippen LogP contribution in [0.4, 0.5) is 17.1 Å². The second kappa shape index (κ2) is 5.85. The van der Waals surface area contributed by atoms with E-state index in [9.17, 15) is 4.79 Å². The van der Waals surface area contributed by atoms with Crippen molar-refractivity contribution in [3.8, 4) is 0 Å². The van der Waals surface area contributed by atoms with E-state index in [0.29, 0.717) is 0 Å². The third-order valence-corrected chi connectivity index (χ3v) is 5.14. The zero-order chi connectivity index (χ0) is 14.9. The van der Waals surface area contributed by atoms with Gasteiger partial charge in [-0.25, -0.2) is 0 Å². The van der Waals surface area contributed by atoms with Crippen LogP contribution in [-0.2, 0) is 4.79 Å². The molecule has 1 aromatic rings. The first-order chi connectivity index (χ1) is 10.1. The van der Waals surface area contributed by atoms with E-state index < -0.39 is 5.54 Å². The van der Waals surface area contributed by atoms with Crippen LogP contribution in [0.1, 0.15) is 13.8 Å². The summed E-state index contributed by atoms with van der Waals surface area (Å²) in [7, 11) is 0. The Kier molecular flexibility index (Phi) is 4.08. The summed E-state index contributed by atoms with van der Waals surface area (Å²) in [4.78, 5) is 14.9. The van der Waals surface area contributed by atoms with Gasteiger partial charge in [0.05, 0.1) is 0 Å². The topological polar surface area (TPSA) is 69.1 Å². The van der Waals surface area contributed by atoms with E-state index >= 15 is 0 Å². The molecule has 1 amide bonds. The number of hydrogen-bond donors (Lipinski definition) is 2. The summed E-state index contributed by atoms with van der Waals surface area (Å²) in [5.74, 6) is 0.00685. The Bertz CT molecular complexity index is 630. The number of amides is 1. The summed E-state index contributed by atoms with van der Waals surface area (Å²) in [6, 6.07) is 5.74. The van der Waals surface area contributed by atoms with E-state index in [1.165, 1.54) is 0 Å². The van der Waals surface area contributed by atoms with Crippen LogP contribution in [0.5, 0.6) is 0 Å². The average molecular weight is 352 g/mol. The molecule has 2 aliphatic heterocycles. The SMILES string of the molecule is CC(C)(C(=O)Nc1cccc2c1N=[Se]=N2)N1CCNCC1. The van der Waals surface area contributed by atoms with Gasteiger partial charge in [0, 0.05) is 0 Å². The van der Waals surface area contributed by atoms with Crippen LogP contribution in [-0.4, -0.2) is 57.1 Å². The quantitative estimate of drug-likeness (QED) is 0.826. The maximum absolute atomic E-state index is 12.7. The zero-order valence-electron chi connectivity index (χ0n) is 12.2. The fourth-order valence-electron chi connectivity index (χ4n) is 2.55. The first kappa shape index (κ1) is 14.7. The molecule has 6 nitrogen and oxygen atoms in total. The summed E-state index contributed by atoms with van der Waals surface area (Å²) in [5.41, 5.74) is 1.93. The first-order valence-electron chi connectivity index (χ1n) is 7.07. The molecule has 2 N–H and O–H groups in total. The van der Waals surface area contributed by atoms with Crippen LogP contribution in [0, 0.1) is 0 Å². The molecule has 112 valence electrons. The first-order valence-corrected chi connectivity index (χ1v) is 8.61. The van der Waals surface area contributed by atoms with Gasteiger partial charge in [-0.05, 0) is 0 Å². The van der Waals surface area contributed by atoms with E-state index in [1.54, 1.807) is 0 Å². The van der Waals surface area contributed by atoms with Crippen LogP contribution < -0.4 is 10.6 Å². The van der Waals surface area contributed by atoms with E-state index in [0.717, 1.165) is 43.2 Å². The summed E-state index contributed by atoms with van der Waals surface area (Å²) in [6.45, 7) is 7.57. The van der Waals surface area contributed by atoms with Gasteiger partial charge >= 0.3 is 130 Å². The molecule has 2 heterocycles. The van der Waals surface area contributed by atoms with E-state index in [1.807, 2.05) is 32.0 Å². The van der Waals surface area contributed by atoms with E-state index in [-0.39, 0.29) is 20.5 Å². The van der Waals surface area contributed by atoms with E-state index in [4.69, 9.17) is 0 Å². The van der Waals surface area contributed by atoms with Crippen molar-refractivity contribution in [1.82, 2.24) is 10.2 Å². The van der Waals surface area contributed by atoms with Gasteiger partial charge in [0.25, 0.3) is 0 Å². The standard InChI is InChI=1S/C14H19N5OSe/c1-14(2,19-8-6-15-7-9-19)13(20)16-10-4-3-5-11-12(10)18-21-17-11/h3-5,15H,6-9H2,1-2H3,(H,16,20). The van der Waals surface area contributed by atoms with Gasteiger partial charge in [0.15, 0.2) is 0 Å². The van der Waals surface area contributed by atoms with Crippen molar-refractivity contribution in [1.29, 1.82) is 0 Å². The molecular weight excluding hydrogens is 333 g/mol. The number of carbonyl (C=O) groups excluding carboxylic acids is 1. The van der Waals surface area contributed by atoms with Crippen molar-refractivity contribution in [3.63, 3.8) is 0 Å². The molecule has 0 aliphatic carbocycles. The predicted octanol–water partition coefficient (Wildman–Crippen LogP) is 1.66. The van der Waals surface area contributed by atoms with E-state index in [2.05, 4.69) is 23.5 Å². The normalized spacial score (nSPS) is 18.2. The number of anilines is 1. The molecule has 0 bridgehead atoms. The van der Waals surface area contributed by atoms with Gasteiger partial charge in [-0.2, -0.15) is 0 Å². The van der Waals surface area contributed by atoms with Crippen LogP contribution in [0.3, 0.4) is 0 Å². The molecule has 21 heavy (non-hydrogen) atoms. The number of piperazine rings is 1. The van der Waals surface area contributed by atoms with Gasteiger partial charge in [0.1, 0.15) is 0 Å². The monoisotopic (exact) mass is 353 g/mol. The Morgan fingerprint density at radius 1 is 1.33 bits per heavy atom. The number of nitrogens with zero attached hydrogens (tertiary/aromatic N) is 3. The van der Waals surface area contributed by atoms with Gasteiger partial charge in [-0.3, -0.25) is 0 Å². The molecule has 0 saturated carbocycles. The van der Waals surface area contributed by atoms with Crippen molar-refractivity contribution in [3.05, 3.63) is 18.2 Å². The van der Waals surface area contributed by atoms with Gasteiger partial charge in [-0.15, -0.1) is 0 Å². The van der Waals surface area contributed by atoms with Crippen LogP contribution in [0.25, 0.3) is 0 Å². The summed E-state index contributed by atoms with van der Waals surface area (Å²) in [5, 5.41) is 6.35. The molecule has 1 saturated heterocycles. The summed E-state index contributed by atoms with van der Waals surface area (Å²) >= 11 is -0.0861. The Labute approximate surface area is 130 Å². The summed E-state index contributed by atoms with van der Waals surface area (Å²) < 4.78 is 8.75. The predicted molar refractivity (Wildman–Crippen MR) is 83.5 cm³/mol. The Morgan fingerprint density at radius 2 is 2.10 bits per heavy atom. The minimum absolute atomic E-state index is 0.00685. The Morgan fingerprint density at radius 3 is 2.86 bits per heavy atom. The van der Waals surface area contributed by atoms with Crippen LogP contribution in [0.15, 0.2) is 26.1 Å². The zero-order valence-corrected chi connectivity index (χ0v) is 13.9. The molecule has 0 unspecified atom stereocenters. The maximum atomic E-state index is 12.7. The molecule has 1 fully saturated rings. The van der Waals surface area contributed by atoms with Crippen molar-refractivity contribution in [2.24, 2.45) is 7.92 Å². The van der Waals surface area contributed by atoms with Crippen molar-refractivity contribution in [2.45, 2.75) is 19.4 Å². The van der Waals surface area contributed by atoms with Crippen molar-refractivity contribution < 1.29 is 4.79 Å². The molecule has 7 heteroatoms. The number of hydrogen-bond acceptors (Lipinski definition) is 5. The Balaban J connectivity index is 1.77. The second-order valence-corrected chi connectivity index (χ2v) is 6.80. The summed E-state index contributed by atoms with van der Waals surface area (Å²) in [6.07, 6.45) is 0. The molecule has 2 aliphatic rings. The molecule has 0 atom stereocenters. The van der Waals surface area contributed by atoms with Crippen molar-refractivity contribution >= 4 is 37.5 Å². The van der Waals surface area contributed by atoms with Gasteiger partial charge in [-0.1, -0.05) is 0 Å². The number of fused-ring (bicyclic) bond motifs is 1. The average Bonchev–Trinajstić information content (AvgIpc) is 2.97. The molecule has 3 rings (SSSR count). The molecule has 0 radical (unpaired) electrons. The van der Waals surface area contributed by atoms with Crippen molar-refractivity contribution in [2.75, 3.05) is 31.5 Å². The fourth-order valence-corrected chi connectivity index (χ4v) is 3.70. The van der Waals surface area contributed by atoms with Crippen LogP contribution >= 0.6 is 0 Å². The number of benzene rings is 1. The van der Waals surface area contributed by atoms with Crippen LogP contribution in [0.2, 0.25) is 0 Å². The number of rotatable bonds is 3. The third kappa shape index (κ3) is 2.87. The Hall–Kier alpha value is -1.27. The third-order valence-electron chi connectivity index (χ3n) is 4.00. The molecule has 0 aromatic heterocycles. The molecule has 0 spiro atoms. The van der Waals surface area contributed by atoms with Gasteiger partial charge < -0.3 is 0 Å².